The summed E-state index contributed by atoms with van der Waals surface area (Å²) in [5.41, 5.74) is 1.08. The van der Waals surface area contributed by atoms with Crippen LogP contribution in [0.4, 0.5) is 0 Å². The first-order valence-electron chi connectivity index (χ1n) is 4.28. The summed E-state index contributed by atoms with van der Waals surface area (Å²) < 4.78 is 9.34. The normalized spacial score (nSPS) is 9.93. The fourth-order valence-corrected chi connectivity index (χ4v) is 1.07. The fourth-order valence-electron chi connectivity index (χ4n) is 1.07. The molecule has 1 aromatic carbocycles. The third-order valence-corrected chi connectivity index (χ3v) is 1.75. The van der Waals surface area contributed by atoms with Crippen LogP contribution in [-0.2, 0) is 11.2 Å². The minimum atomic E-state index is -2.26. The summed E-state index contributed by atoms with van der Waals surface area (Å²) in [6.07, 6.45) is 0.801. The summed E-state index contributed by atoms with van der Waals surface area (Å²) in [5.74, 6) is 0.307. The lowest BCUT2D eigenvalue weighted by Gasteiger charge is -2.26. The molecule has 0 unspecified atom stereocenters. The molecular formula is C9H11BO4-2. The van der Waals surface area contributed by atoms with Gasteiger partial charge in [-0.3, -0.25) is 0 Å². The van der Waals surface area contributed by atoms with Gasteiger partial charge in [0.2, 0.25) is 0 Å². The van der Waals surface area contributed by atoms with E-state index in [1.165, 1.54) is 0 Å². The van der Waals surface area contributed by atoms with Crippen molar-refractivity contribution in [2.45, 2.75) is 6.42 Å². The molecule has 0 spiro atoms. The van der Waals surface area contributed by atoms with Crippen molar-refractivity contribution in [1.29, 1.82) is 0 Å². The number of rotatable bonds is 5. The standard InChI is InChI=1S/C9H11BO4/c1-13-7-6-8-2-4-9(5-3-8)14-10(11)12/h2-5H,6-7H2,1H3/q-2. The number of hydrogen-bond acceptors (Lipinski definition) is 4. The molecule has 0 atom stereocenters. The Bertz CT molecular complexity index is 260. The van der Waals surface area contributed by atoms with Gasteiger partial charge in [-0.25, -0.2) is 0 Å². The van der Waals surface area contributed by atoms with E-state index in [0.29, 0.717) is 12.4 Å². The second-order valence-electron chi connectivity index (χ2n) is 2.79. The largest absolute Gasteiger partial charge is 0.860 e. The Morgan fingerprint density at radius 2 is 1.86 bits per heavy atom. The van der Waals surface area contributed by atoms with E-state index in [4.69, 9.17) is 4.74 Å². The predicted octanol–water partition coefficient (Wildman–Crippen LogP) is -1.04. The van der Waals surface area contributed by atoms with Crippen molar-refractivity contribution < 1.29 is 19.4 Å². The number of ether oxygens (including phenoxy) is 1. The molecule has 0 aliphatic carbocycles. The summed E-state index contributed by atoms with van der Waals surface area (Å²) in [6.45, 7) is 0.645. The molecule has 76 valence electrons. The van der Waals surface area contributed by atoms with Gasteiger partial charge in [-0.1, -0.05) is 12.1 Å². The Morgan fingerprint density at radius 1 is 1.21 bits per heavy atom. The molecule has 0 N–H and O–H groups in total. The van der Waals surface area contributed by atoms with Gasteiger partial charge in [-0.2, -0.15) is 0 Å². The van der Waals surface area contributed by atoms with E-state index in [1.807, 2.05) is 0 Å². The molecule has 5 heteroatoms. The van der Waals surface area contributed by atoms with Crippen LogP contribution in [0.25, 0.3) is 0 Å². The maximum Gasteiger partial charge on any atom is 0.133 e. The summed E-state index contributed by atoms with van der Waals surface area (Å²) in [5, 5.41) is 20.3. The van der Waals surface area contributed by atoms with Crippen molar-refractivity contribution in [3.63, 3.8) is 0 Å². The van der Waals surface area contributed by atoms with Gasteiger partial charge in [-0.05, 0) is 24.1 Å². The number of methoxy groups -OCH3 is 1. The monoisotopic (exact) mass is 194 g/mol. The number of hydrogen-bond donors (Lipinski definition) is 0. The Balaban J connectivity index is 2.50. The molecule has 1 rings (SSSR count). The smallest absolute Gasteiger partial charge is 0.133 e. The van der Waals surface area contributed by atoms with Crippen LogP contribution in [0.1, 0.15) is 5.56 Å². The van der Waals surface area contributed by atoms with Crippen LogP contribution in [0.3, 0.4) is 0 Å². The van der Waals surface area contributed by atoms with Gasteiger partial charge >= 0.3 is 0 Å². The topological polar surface area (TPSA) is 64.6 Å². The van der Waals surface area contributed by atoms with Gasteiger partial charge in [0.25, 0.3) is 0 Å². The van der Waals surface area contributed by atoms with Gasteiger partial charge in [0, 0.05) is 7.11 Å². The first-order chi connectivity index (χ1) is 6.72. The highest BCUT2D eigenvalue weighted by atomic mass is 16.6. The van der Waals surface area contributed by atoms with Gasteiger partial charge in [0.1, 0.15) is 7.32 Å². The SMILES string of the molecule is COCCc1ccc(OB([O-])[O-])cc1. The molecule has 0 heterocycles. The Morgan fingerprint density at radius 3 is 2.36 bits per heavy atom. The van der Waals surface area contributed by atoms with Crippen LogP contribution >= 0.6 is 0 Å². The van der Waals surface area contributed by atoms with Crippen LogP contribution in [-0.4, -0.2) is 21.0 Å². The zero-order chi connectivity index (χ0) is 10.4. The first-order valence-corrected chi connectivity index (χ1v) is 4.28. The average molecular weight is 194 g/mol. The quantitative estimate of drug-likeness (QED) is 0.561. The van der Waals surface area contributed by atoms with E-state index in [-0.39, 0.29) is 0 Å². The Kier molecular flexibility index (Phi) is 4.45. The highest BCUT2D eigenvalue weighted by Gasteiger charge is 1.94. The molecule has 0 aliphatic rings. The number of benzene rings is 1. The summed E-state index contributed by atoms with van der Waals surface area (Å²) >= 11 is 0. The molecule has 0 radical (unpaired) electrons. The lowest BCUT2D eigenvalue weighted by Crippen LogP contribution is -2.50. The third kappa shape index (κ3) is 3.78. The molecule has 0 fully saturated rings. The zero-order valence-electron chi connectivity index (χ0n) is 7.93. The van der Waals surface area contributed by atoms with Crippen LogP contribution in [0.15, 0.2) is 24.3 Å². The van der Waals surface area contributed by atoms with Crippen molar-refractivity contribution in [2.24, 2.45) is 0 Å². The maximum atomic E-state index is 10.2. The van der Waals surface area contributed by atoms with E-state index >= 15 is 0 Å². The summed E-state index contributed by atoms with van der Waals surface area (Å²) in [4.78, 5) is 0. The van der Waals surface area contributed by atoms with E-state index in [2.05, 4.69) is 4.65 Å². The third-order valence-electron chi connectivity index (χ3n) is 1.75. The molecular weight excluding hydrogens is 183 g/mol. The zero-order valence-corrected chi connectivity index (χ0v) is 7.93. The molecule has 0 aromatic heterocycles. The lowest BCUT2D eigenvalue weighted by molar-refractivity contribution is -0.372. The van der Waals surface area contributed by atoms with Crippen molar-refractivity contribution in [1.82, 2.24) is 0 Å². The molecule has 4 nitrogen and oxygen atoms in total. The second-order valence-corrected chi connectivity index (χ2v) is 2.79. The van der Waals surface area contributed by atoms with Crippen molar-refractivity contribution in [3.8, 4) is 5.75 Å². The summed E-state index contributed by atoms with van der Waals surface area (Å²) in [6, 6.07) is 6.81. The minimum Gasteiger partial charge on any atom is -0.860 e. The predicted molar refractivity (Wildman–Crippen MR) is 48.4 cm³/mol. The summed E-state index contributed by atoms with van der Waals surface area (Å²) in [7, 11) is -0.628. The van der Waals surface area contributed by atoms with E-state index in [1.54, 1.807) is 31.4 Å². The first kappa shape index (κ1) is 11.0. The van der Waals surface area contributed by atoms with E-state index in [9.17, 15) is 10.0 Å². The maximum absolute atomic E-state index is 10.2. The van der Waals surface area contributed by atoms with Crippen molar-refractivity contribution in [2.75, 3.05) is 13.7 Å². The molecule has 0 amide bonds. The highest BCUT2D eigenvalue weighted by molar-refractivity contribution is 6.29. The Hall–Kier alpha value is -1.04. The molecule has 14 heavy (non-hydrogen) atoms. The molecule has 0 saturated carbocycles. The molecule has 1 aromatic rings. The molecule has 0 saturated heterocycles. The lowest BCUT2D eigenvalue weighted by atomic mass is 10.1. The van der Waals surface area contributed by atoms with Gasteiger partial charge < -0.3 is 19.4 Å². The van der Waals surface area contributed by atoms with E-state index in [0.717, 1.165) is 12.0 Å². The molecule has 0 bridgehead atoms. The second kappa shape index (κ2) is 5.64. The van der Waals surface area contributed by atoms with Crippen molar-refractivity contribution in [3.05, 3.63) is 29.8 Å². The van der Waals surface area contributed by atoms with Gasteiger partial charge in [0.05, 0.1) is 12.4 Å². The average Bonchev–Trinajstić information content (AvgIpc) is 2.16. The van der Waals surface area contributed by atoms with E-state index < -0.39 is 7.32 Å². The van der Waals surface area contributed by atoms with Crippen LogP contribution in [0, 0.1) is 0 Å². The Labute approximate surface area is 83.3 Å². The molecule has 0 aliphatic heterocycles. The fraction of sp³-hybridized carbons (Fsp3) is 0.333. The minimum absolute atomic E-state index is 0.307. The van der Waals surface area contributed by atoms with Gasteiger partial charge in [0.15, 0.2) is 0 Å². The van der Waals surface area contributed by atoms with Crippen molar-refractivity contribution >= 4 is 7.32 Å². The van der Waals surface area contributed by atoms with Crippen LogP contribution in [0.5, 0.6) is 5.75 Å². The van der Waals surface area contributed by atoms with Crippen LogP contribution in [0.2, 0.25) is 0 Å². The van der Waals surface area contributed by atoms with Gasteiger partial charge in [-0.15, -0.1) is 0 Å². The highest BCUT2D eigenvalue weighted by Crippen LogP contribution is 2.12. The van der Waals surface area contributed by atoms with Crippen LogP contribution < -0.4 is 14.7 Å².